The summed E-state index contributed by atoms with van der Waals surface area (Å²) in [7, 11) is 3.12. The van der Waals surface area contributed by atoms with Crippen LogP contribution >= 0.6 is 0 Å². The third-order valence-corrected chi connectivity index (χ3v) is 8.77. The summed E-state index contributed by atoms with van der Waals surface area (Å²) in [6.07, 6.45) is 7.19. The molecule has 0 atom stereocenters. The summed E-state index contributed by atoms with van der Waals surface area (Å²) in [6, 6.07) is 19.1. The number of aromatic nitrogens is 3. The van der Waals surface area contributed by atoms with Crippen molar-refractivity contribution in [1.29, 1.82) is 0 Å². The zero-order chi connectivity index (χ0) is 31.1. The molecule has 3 aromatic heterocycles. The second-order valence-electron chi connectivity index (χ2n) is 11.5. The van der Waals surface area contributed by atoms with Crippen LogP contribution in [0.1, 0.15) is 52.1 Å². The predicted octanol–water partition coefficient (Wildman–Crippen LogP) is 6.14. The van der Waals surface area contributed by atoms with Crippen LogP contribution in [0.5, 0.6) is 23.0 Å². The van der Waals surface area contributed by atoms with Crippen molar-refractivity contribution in [3.05, 3.63) is 106 Å². The highest BCUT2D eigenvalue weighted by Gasteiger charge is 2.44. The number of hydrogen-bond acceptors (Lipinski definition) is 8. The third-order valence-electron chi connectivity index (χ3n) is 8.77. The van der Waals surface area contributed by atoms with Crippen LogP contribution in [0.15, 0.2) is 83.9 Å². The van der Waals surface area contributed by atoms with E-state index in [0.29, 0.717) is 63.7 Å². The van der Waals surface area contributed by atoms with Crippen LogP contribution in [0, 0.1) is 5.41 Å². The Hall–Kier alpha value is -5.51. The van der Waals surface area contributed by atoms with Gasteiger partial charge in [0.2, 0.25) is 0 Å². The average molecular weight is 603 g/mol. The first-order chi connectivity index (χ1) is 21.9. The molecular weight excluding hydrogens is 572 g/mol. The predicted molar refractivity (Wildman–Crippen MR) is 168 cm³/mol. The summed E-state index contributed by atoms with van der Waals surface area (Å²) in [5.74, 6) is 1.59. The van der Waals surface area contributed by atoms with Gasteiger partial charge in [0.15, 0.2) is 17.3 Å². The van der Waals surface area contributed by atoms with Gasteiger partial charge in [0.05, 0.1) is 25.9 Å². The van der Waals surface area contributed by atoms with Gasteiger partial charge in [0, 0.05) is 41.0 Å². The van der Waals surface area contributed by atoms with E-state index in [1.165, 1.54) is 16.8 Å². The molecule has 45 heavy (non-hydrogen) atoms. The zero-order valence-electron chi connectivity index (χ0n) is 24.8. The number of amides is 1. The van der Waals surface area contributed by atoms with Crippen LogP contribution in [0.3, 0.4) is 0 Å². The SMILES string of the molecule is COc1cc2nccc(Oc3ccc(NC(=O)c4cc5c(n(-c6ccccc6)c4=O)CC4(CCC4)CC5=O)nc3)c2cc1OC. The fourth-order valence-electron chi connectivity index (χ4n) is 6.33. The number of anilines is 1. The Kier molecular flexibility index (Phi) is 7.04. The Balaban J connectivity index is 1.17. The first-order valence-corrected chi connectivity index (χ1v) is 14.7. The summed E-state index contributed by atoms with van der Waals surface area (Å²) >= 11 is 0. The summed E-state index contributed by atoms with van der Waals surface area (Å²) in [5.41, 5.74) is 1.70. The Morgan fingerprint density at radius 1 is 0.889 bits per heavy atom. The number of nitrogens with zero attached hydrogens (tertiary/aromatic N) is 3. The maximum atomic E-state index is 13.9. The van der Waals surface area contributed by atoms with Crippen LogP contribution in [0.4, 0.5) is 5.82 Å². The maximum absolute atomic E-state index is 13.9. The van der Waals surface area contributed by atoms with Crippen molar-refractivity contribution in [2.24, 2.45) is 5.41 Å². The van der Waals surface area contributed by atoms with Crippen molar-refractivity contribution in [3.63, 3.8) is 0 Å². The lowest BCUT2D eigenvalue weighted by Crippen LogP contribution is -2.42. The van der Waals surface area contributed by atoms with E-state index in [9.17, 15) is 14.4 Å². The third kappa shape index (κ3) is 5.08. The number of ketones is 1. The van der Waals surface area contributed by atoms with E-state index in [1.807, 2.05) is 30.3 Å². The van der Waals surface area contributed by atoms with E-state index in [0.717, 1.165) is 19.3 Å². The highest BCUT2D eigenvalue weighted by Crippen LogP contribution is 2.50. The monoisotopic (exact) mass is 602 g/mol. The Labute approximate surface area is 258 Å². The van der Waals surface area contributed by atoms with Gasteiger partial charge in [-0.05, 0) is 67.1 Å². The minimum absolute atomic E-state index is 0.0333. The number of carbonyl (C=O) groups is 2. The van der Waals surface area contributed by atoms with Gasteiger partial charge in [-0.3, -0.25) is 23.9 Å². The molecule has 10 nitrogen and oxygen atoms in total. The first kappa shape index (κ1) is 28.3. The molecule has 226 valence electrons. The van der Waals surface area contributed by atoms with Crippen molar-refractivity contribution in [3.8, 4) is 28.7 Å². The molecule has 1 saturated carbocycles. The van der Waals surface area contributed by atoms with Crippen molar-refractivity contribution in [2.45, 2.75) is 32.1 Å². The number of rotatable bonds is 7. The van der Waals surface area contributed by atoms with E-state index in [-0.39, 0.29) is 22.6 Å². The summed E-state index contributed by atoms with van der Waals surface area (Å²) in [5, 5.41) is 3.43. The van der Waals surface area contributed by atoms with Gasteiger partial charge in [-0.1, -0.05) is 24.6 Å². The largest absolute Gasteiger partial charge is 0.493 e. The van der Waals surface area contributed by atoms with Crippen molar-refractivity contribution < 1.29 is 23.8 Å². The lowest BCUT2D eigenvalue weighted by molar-refractivity contribution is 0.0700. The van der Waals surface area contributed by atoms with Gasteiger partial charge in [-0.2, -0.15) is 0 Å². The topological polar surface area (TPSA) is 122 Å². The Bertz CT molecular complexity index is 2020. The van der Waals surface area contributed by atoms with Crippen molar-refractivity contribution in [1.82, 2.24) is 14.5 Å². The molecule has 0 saturated heterocycles. The van der Waals surface area contributed by atoms with Crippen LogP contribution in [-0.4, -0.2) is 40.4 Å². The summed E-state index contributed by atoms with van der Waals surface area (Å²) < 4.78 is 18.4. The fourth-order valence-corrected chi connectivity index (χ4v) is 6.33. The molecule has 0 aliphatic heterocycles. The molecule has 3 heterocycles. The highest BCUT2D eigenvalue weighted by molar-refractivity contribution is 6.06. The van der Waals surface area contributed by atoms with Gasteiger partial charge >= 0.3 is 0 Å². The van der Waals surface area contributed by atoms with Crippen LogP contribution in [-0.2, 0) is 6.42 Å². The average Bonchev–Trinajstić information content (AvgIpc) is 3.04. The molecule has 0 unspecified atom stereocenters. The standard InChI is InChI=1S/C35H30N4O6/c1-43-30-16-23-26(17-31(30)44-2)36-14-11-29(23)45-22-9-10-32(37-20-22)38-33(41)25-15-24-27(18-35(12-6-13-35)19-28(24)40)39(34(25)42)21-7-4-3-5-8-21/h3-5,7-11,14-17,20H,6,12-13,18-19H2,1-2H3,(H,37,38,41). The number of fused-ring (bicyclic) bond motifs is 2. The Morgan fingerprint density at radius 2 is 1.67 bits per heavy atom. The number of ether oxygens (including phenoxy) is 3. The summed E-state index contributed by atoms with van der Waals surface area (Å²) in [6.45, 7) is 0. The van der Waals surface area contributed by atoms with E-state index >= 15 is 0 Å². The number of nitrogens with one attached hydrogen (secondary N) is 1. The van der Waals surface area contributed by atoms with E-state index in [1.54, 1.807) is 50.7 Å². The summed E-state index contributed by atoms with van der Waals surface area (Å²) in [4.78, 5) is 49.5. The lowest BCUT2D eigenvalue weighted by Gasteiger charge is -2.45. The van der Waals surface area contributed by atoms with E-state index < -0.39 is 11.5 Å². The number of methoxy groups -OCH3 is 2. The molecule has 1 spiro atoms. The molecule has 2 aliphatic carbocycles. The molecular formula is C35H30N4O6. The number of para-hydroxylation sites is 1. The Morgan fingerprint density at radius 3 is 2.36 bits per heavy atom. The number of Topliss-reactive ketones (excluding diaryl/α,β-unsaturated/α-hetero) is 1. The quantitative estimate of drug-likeness (QED) is 0.236. The fraction of sp³-hybridized carbons (Fsp3) is 0.229. The van der Waals surface area contributed by atoms with Crippen molar-refractivity contribution >= 4 is 28.4 Å². The number of pyridine rings is 3. The molecule has 10 heteroatoms. The van der Waals surface area contributed by atoms with Gasteiger partial charge in [-0.25, -0.2) is 4.98 Å². The number of carbonyl (C=O) groups excluding carboxylic acids is 2. The molecule has 1 N–H and O–H groups in total. The van der Waals surface area contributed by atoms with Crippen LogP contribution in [0.2, 0.25) is 0 Å². The van der Waals surface area contributed by atoms with Gasteiger partial charge in [0.25, 0.3) is 11.5 Å². The van der Waals surface area contributed by atoms with Gasteiger partial charge < -0.3 is 19.5 Å². The van der Waals surface area contributed by atoms with E-state index in [4.69, 9.17) is 14.2 Å². The molecule has 2 aliphatic rings. The number of benzene rings is 2. The minimum Gasteiger partial charge on any atom is -0.493 e. The normalized spacial score (nSPS) is 14.8. The van der Waals surface area contributed by atoms with Crippen LogP contribution in [0.25, 0.3) is 16.6 Å². The molecule has 1 amide bonds. The highest BCUT2D eigenvalue weighted by atomic mass is 16.5. The molecule has 1 fully saturated rings. The maximum Gasteiger partial charge on any atom is 0.268 e. The minimum atomic E-state index is -0.647. The second kappa shape index (κ2) is 11.2. The zero-order valence-corrected chi connectivity index (χ0v) is 24.8. The first-order valence-electron chi connectivity index (χ1n) is 14.7. The molecule has 7 rings (SSSR count). The van der Waals surface area contributed by atoms with E-state index in [2.05, 4.69) is 15.3 Å². The smallest absolute Gasteiger partial charge is 0.268 e. The lowest BCUT2D eigenvalue weighted by atomic mass is 9.60. The van der Waals surface area contributed by atoms with Crippen LogP contribution < -0.4 is 25.1 Å². The number of hydrogen-bond donors (Lipinski definition) is 1. The molecule has 0 radical (unpaired) electrons. The van der Waals surface area contributed by atoms with Crippen molar-refractivity contribution in [2.75, 3.05) is 19.5 Å². The van der Waals surface area contributed by atoms with Gasteiger partial charge in [0.1, 0.15) is 22.9 Å². The van der Waals surface area contributed by atoms with Gasteiger partial charge in [-0.15, -0.1) is 0 Å². The molecule has 5 aromatic rings. The molecule has 0 bridgehead atoms. The second-order valence-corrected chi connectivity index (χ2v) is 11.5. The molecule has 2 aromatic carbocycles.